The van der Waals surface area contributed by atoms with Gasteiger partial charge in [-0.25, -0.2) is 0 Å². The SMILES string of the molecule is c1csc(-c2nnc3sc(C4CCC4)nn23)c1. The summed E-state index contributed by atoms with van der Waals surface area (Å²) in [4.78, 5) is 2.04. The van der Waals surface area contributed by atoms with E-state index in [2.05, 4.69) is 26.7 Å². The zero-order valence-electron chi connectivity index (χ0n) is 9.04. The van der Waals surface area contributed by atoms with E-state index in [1.54, 1.807) is 22.7 Å². The molecule has 1 saturated carbocycles. The highest BCUT2D eigenvalue weighted by Gasteiger charge is 2.25. The van der Waals surface area contributed by atoms with Gasteiger partial charge in [0, 0.05) is 5.92 Å². The summed E-state index contributed by atoms with van der Waals surface area (Å²) < 4.78 is 1.89. The Bertz CT molecular complexity index is 648. The zero-order valence-corrected chi connectivity index (χ0v) is 10.7. The van der Waals surface area contributed by atoms with Crippen molar-refractivity contribution in [2.75, 3.05) is 0 Å². The standard InChI is InChI=1S/C11H10N4S2/c1-3-7(4-1)10-14-15-9(8-5-2-6-16-8)12-13-11(15)17-10/h2,5-7H,1,3-4H2. The molecule has 0 amide bonds. The van der Waals surface area contributed by atoms with Gasteiger partial charge in [0.1, 0.15) is 5.01 Å². The third kappa shape index (κ3) is 1.44. The largest absolute Gasteiger partial charge is 0.235 e. The second kappa shape index (κ2) is 3.61. The van der Waals surface area contributed by atoms with Gasteiger partial charge in [-0.1, -0.05) is 23.8 Å². The summed E-state index contributed by atoms with van der Waals surface area (Å²) in [7, 11) is 0. The molecular formula is C11H10N4S2. The van der Waals surface area contributed by atoms with E-state index in [4.69, 9.17) is 0 Å². The summed E-state index contributed by atoms with van der Waals surface area (Å²) in [5.41, 5.74) is 0. The van der Waals surface area contributed by atoms with Crippen molar-refractivity contribution >= 4 is 27.6 Å². The Hall–Kier alpha value is -1.27. The second-order valence-electron chi connectivity index (χ2n) is 4.26. The van der Waals surface area contributed by atoms with Gasteiger partial charge in [0.05, 0.1) is 4.88 Å². The highest BCUT2D eigenvalue weighted by Crippen LogP contribution is 2.38. The van der Waals surface area contributed by atoms with Crippen LogP contribution < -0.4 is 0 Å². The first-order chi connectivity index (χ1) is 8.42. The first-order valence-electron chi connectivity index (χ1n) is 5.68. The van der Waals surface area contributed by atoms with E-state index in [1.807, 2.05) is 10.6 Å². The van der Waals surface area contributed by atoms with Crippen LogP contribution in [0, 0.1) is 0 Å². The highest BCUT2D eigenvalue weighted by atomic mass is 32.1. The van der Waals surface area contributed by atoms with Gasteiger partial charge < -0.3 is 0 Å². The van der Waals surface area contributed by atoms with Crippen molar-refractivity contribution in [3.8, 4) is 10.7 Å². The number of hydrogen-bond acceptors (Lipinski definition) is 5. The number of aromatic nitrogens is 4. The smallest absolute Gasteiger partial charge is 0.182 e. The van der Waals surface area contributed by atoms with Crippen molar-refractivity contribution < 1.29 is 0 Å². The summed E-state index contributed by atoms with van der Waals surface area (Å²) in [6.45, 7) is 0. The topological polar surface area (TPSA) is 43.1 Å². The van der Waals surface area contributed by atoms with Crippen LogP contribution in [-0.2, 0) is 0 Å². The van der Waals surface area contributed by atoms with Crippen LogP contribution >= 0.6 is 22.7 Å². The van der Waals surface area contributed by atoms with Crippen molar-refractivity contribution in [2.24, 2.45) is 0 Å². The van der Waals surface area contributed by atoms with Crippen LogP contribution in [0.1, 0.15) is 30.2 Å². The average molecular weight is 262 g/mol. The van der Waals surface area contributed by atoms with Crippen LogP contribution in [0.3, 0.4) is 0 Å². The zero-order chi connectivity index (χ0) is 11.2. The lowest BCUT2D eigenvalue weighted by molar-refractivity contribution is 0.415. The Morgan fingerprint density at radius 3 is 2.94 bits per heavy atom. The van der Waals surface area contributed by atoms with Crippen LogP contribution in [0.5, 0.6) is 0 Å². The monoisotopic (exact) mass is 262 g/mol. The molecule has 4 nitrogen and oxygen atoms in total. The Kier molecular flexibility index (Phi) is 2.07. The van der Waals surface area contributed by atoms with Gasteiger partial charge in [-0.05, 0) is 24.3 Å². The molecule has 6 heteroatoms. The van der Waals surface area contributed by atoms with Crippen molar-refractivity contribution in [3.05, 3.63) is 22.5 Å². The molecule has 0 bridgehead atoms. The Balaban J connectivity index is 1.85. The molecule has 1 aliphatic rings. The Morgan fingerprint density at radius 1 is 1.29 bits per heavy atom. The van der Waals surface area contributed by atoms with E-state index in [1.165, 1.54) is 24.3 Å². The highest BCUT2D eigenvalue weighted by molar-refractivity contribution is 7.16. The van der Waals surface area contributed by atoms with Gasteiger partial charge in [0.2, 0.25) is 4.96 Å². The average Bonchev–Trinajstić information content (AvgIpc) is 2.86. The van der Waals surface area contributed by atoms with Gasteiger partial charge in [-0.15, -0.1) is 21.5 Å². The predicted octanol–water partition coefficient (Wildman–Crippen LogP) is 3.18. The maximum atomic E-state index is 4.67. The molecule has 3 aromatic heterocycles. The van der Waals surface area contributed by atoms with Crippen molar-refractivity contribution in [2.45, 2.75) is 25.2 Å². The molecule has 0 unspecified atom stereocenters. The number of thiophene rings is 1. The van der Waals surface area contributed by atoms with E-state index in [0.717, 1.165) is 15.7 Å². The minimum Gasteiger partial charge on any atom is -0.182 e. The number of fused-ring (bicyclic) bond motifs is 1. The number of hydrogen-bond donors (Lipinski definition) is 0. The summed E-state index contributed by atoms with van der Waals surface area (Å²) in [5, 5.41) is 16.4. The Labute approximate surface area is 106 Å². The molecule has 0 saturated heterocycles. The summed E-state index contributed by atoms with van der Waals surface area (Å²) in [6, 6.07) is 4.09. The maximum Gasteiger partial charge on any atom is 0.235 e. The summed E-state index contributed by atoms with van der Waals surface area (Å²) in [6.07, 6.45) is 3.89. The molecule has 86 valence electrons. The molecule has 4 rings (SSSR count). The predicted molar refractivity (Wildman–Crippen MR) is 68.6 cm³/mol. The lowest BCUT2D eigenvalue weighted by atomic mass is 9.86. The van der Waals surface area contributed by atoms with E-state index in [-0.39, 0.29) is 0 Å². The van der Waals surface area contributed by atoms with Gasteiger partial charge >= 0.3 is 0 Å². The number of nitrogens with zero attached hydrogens (tertiary/aromatic N) is 4. The fraction of sp³-hybridized carbons (Fsp3) is 0.364. The quantitative estimate of drug-likeness (QED) is 0.712. The fourth-order valence-electron chi connectivity index (χ4n) is 2.01. The second-order valence-corrected chi connectivity index (χ2v) is 6.20. The molecule has 17 heavy (non-hydrogen) atoms. The summed E-state index contributed by atoms with van der Waals surface area (Å²) in [5.74, 6) is 1.54. The number of rotatable bonds is 2. The molecule has 0 aliphatic heterocycles. The minimum absolute atomic E-state index is 0.665. The van der Waals surface area contributed by atoms with Crippen molar-refractivity contribution in [1.29, 1.82) is 0 Å². The van der Waals surface area contributed by atoms with Crippen molar-refractivity contribution in [3.63, 3.8) is 0 Å². The van der Waals surface area contributed by atoms with Gasteiger partial charge in [-0.3, -0.25) is 0 Å². The molecule has 0 N–H and O–H groups in total. The van der Waals surface area contributed by atoms with Crippen LogP contribution in [-0.4, -0.2) is 19.8 Å². The minimum atomic E-state index is 0.665. The Morgan fingerprint density at radius 2 is 2.24 bits per heavy atom. The lowest BCUT2D eigenvalue weighted by Crippen LogP contribution is -2.08. The summed E-state index contributed by atoms with van der Waals surface area (Å²) >= 11 is 3.36. The molecule has 3 aromatic rings. The first-order valence-corrected chi connectivity index (χ1v) is 7.37. The fourth-order valence-corrected chi connectivity index (χ4v) is 3.71. The molecule has 0 spiro atoms. The van der Waals surface area contributed by atoms with Crippen LogP contribution in [0.15, 0.2) is 17.5 Å². The van der Waals surface area contributed by atoms with Crippen LogP contribution in [0.4, 0.5) is 0 Å². The molecule has 3 heterocycles. The molecule has 1 fully saturated rings. The van der Waals surface area contributed by atoms with Crippen molar-refractivity contribution in [1.82, 2.24) is 19.8 Å². The van der Waals surface area contributed by atoms with E-state index in [0.29, 0.717) is 5.92 Å². The lowest BCUT2D eigenvalue weighted by Gasteiger charge is -2.21. The normalized spacial score (nSPS) is 16.5. The molecular weight excluding hydrogens is 252 g/mol. The molecule has 1 aliphatic carbocycles. The molecule has 0 aromatic carbocycles. The van der Waals surface area contributed by atoms with E-state index >= 15 is 0 Å². The maximum absolute atomic E-state index is 4.67. The third-order valence-electron chi connectivity index (χ3n) is 3.20. The molecule has 0 atom stereocenters. The van der Waals surface area contributed by atoms with Crippen LogP contribution in [0.25, 0.3) is 15.7 Å². The van der Waals surface area contributed by atoms with Gasteiger partial charge in [0.25, 0.3) is 0 Å². The van der Waals surface area contributed by atoms with E-state index in [9.17, 15) is 0 Å². The third-order valence-corrected chi connectivity index (χ3v) is 5.13. The first kappa shape index (κ1) is 9.73. The van der Waals surface area contributed by atoms with E-state index < -0.39 is 0 Å². The molecule has 0 radical (unpaired) electrons. The van der Waals surface area contributed by atoms with Crippen LogP contribution in [0.2, 0.25) is 0 Å². The van der Waals surface area contributed by atoms with Gasteiger partial charge in [-0.2, -0.15) is 9.61 Å². The van der Waals surface area contributed by atoms with Gasteiger partial charge in [0.15, 0.2) is 5.82 Å².